The fourth-order valence-corrected chi connectivity index (χ4v) is 2.54. The summed E-state index contributed by atoms with van der Waals surface area (Å²) >= 11 is 0. The maximum absolute atomic E-state index is 13.2. The Morgan fingerprint density at radius 3 is 2.33 bits per heavy atom. The van der Waals surface area contributed by atoms with Crippen molar-refractivity contribution in [3.8, 4) is 12.1 Å². The van der Waals surface area contributed by atoms with Gasteiger partial charge >= 0.3 is 0 Å². The first-order chi connectivity index (χ1) is 10.2. The number of rotatable bonds is 3. The van der Waals surface area contributed by atoms with Gasteiger partial charge in [0, 0.05) is 12.0 Å². The third-order valence-electron chi connectivity index (χ3n) is 3.70. The largest absolute Gasteiger partial charge is 0.380 e. The SMILES string of the molecule is N#Cc1cccc(C#N)c1N[C@@H]1C[C@H]1c1cccc(F)c1. The Balaban J connectivity index is 1.81. The van der Waals surface area contributed by atoms with E-state index in [4.69, 9.17) is 10.5 Å². The summed E-state index contributed by atoms with van der Waals surface area (Å²) < 4.78 is 13.2. The molecule has 0 spiro atoms. The summed E-state index contributed by atoms with van der Waals surface area (Å²) in [6, 6.07) is 15.9. The number of nitriles is 2. The van der Waals surface area contributed by atoms with Gasteiger partial charge in [0.05, 0.1) is 16.8 Å². The zero-order valence-corrected chi connectivity index (χ0v) is 11.2. The van der Waals surface area contributed by atoms with Crippen molar-refractivity contribution in [2.24, 2.45) is 0 Å². The van der Waals surface area contributed by atoms with E-state index >= 15 is 0 Å². The van der Waals surface area contributed by atoms with E-state index in [-0.39, 0.29) is 17.8 Å². The molecule has 1 aliphatic rings. The van der Waals surface area contributed by atoms with Gasteiger partial charge in [0.1, 0.15) is 18.0 Å². The quantitative estimate of drug-likeness (QED) is 0.933. The first-order valence-electron chi connectivity index (χ1n) is 6.68. The van der Waals surface area contributed by atoms with Crippen molar-refractivity contribution in [3.05, 3.63) is 65.0 Å². The van der Waals surface area contributed by atoms with Gasteiger partial charge < -0.3 is 5.32 Å². The second-order valence-corrected chi connectivity index (χ2v) is 5.10. The predicted octanol–water partition coefficient (Wildman–Crippen LogP) is 3.54. The van der Waals surface area contributed by atoms with Crippen LogP contribution in [0.25, 0.3) is 0 Å². The van der Waals surface area contributed by atoms with Crippen molar-refractivity contribution >= 4 is 5.69 Å². The Hall–Kier alpha value is -2.85. The number of halogens is 1. The van der Waals surface area contributed by atoms with Crippen molar-refractivity contribution in [2.45, 2.75) is 18.4 Å². The lowest BCUT2D eigenvalue weighted by molar-refractivity contribution is 0.625. The summed E-state index contributed by atoms with van der Waals surface area (Å²) in [5.74, 6) is -0.0210. The fourth-order valence-electron chi connectivity index (χ4n) is 2.54. The molecule has 0 heterocycles. The van der Waals surface area contributed by atoms with Gasteiger partial charge in [0.25, 0.3) is 0 Å². The Kier molecular flexibility index (Phi) is 3.30. The van der Waals surface area contributed by atoms with Crippen LogP contribution in [0.5, 0.6) is 0 Å². The monoisotopic (exact) mass is 277 g/mol. The Morgan fingerprint density at radius 2 is 1.71 bits per heavy atom. The van der Waals surface area contributed by atoms with Crippen molar-refractivity contribution < 1.29 is 4.39 Å². The minimum absolute atomic E-state index is 0.133. The van der Waals surface area contributed by atoms with Gasteiger partial charge in [-0.2, -0.15) is 10.5 Å². The van der Waals surface area contributed by atoms with E-state index in [1.165, 1.54) is 12.1 Å². The van der Waals surface area contributed by atoms with Crippen LogP contribution in [-0.2, 0) is 0 Å². The molecule has 2 aromatic carbocycles. The molecular formula is C17H12FN3. The highest BCUT2D eigenvalue weighted by Gasteiger charge is 2.39. The minimum Gasteiger partial charge on any atom is -0.380 e. The molecule has 4 heteroatoms. The molecule has 2 atom stereocenters. The fraction of sp³-hybridized carbons (Fsp3) is 0.176. The normalized spacial score (nSPS) is 19.4. The number of anilines is 1. The lowest BCUT2D eigenvalue weighted by Crippen LogP contribution is -2.07. The van der Waals surface area contributed by atoms with E-state index in [0.717, 1.165) is 12.0 Å². The van der Waals surface area contributed by atoms with E-state index < -0.39 is 0 Å². The molecule has 1 N–H and O–H groups in total. The summed E-state index contributed by atoms with van der Waals surface area (Å²) in [5, 5.41) is 21.5. The molecule has 1 saturated carbocycles. The van der Waals surface area contributed by atoms with Crippen LogP contribution >= 0.6 is 0 Å². The van der Waals surface area contributed by atoms with Gasteiger partial charge in [-0.3, -0.25) is 0 Å². The van der Waals surface area contributed by atoms with Crippen LogP contribution < -0.4 is 5.32 Å². The highest BCUT2D eigenvalue weighted by molar-refractivity contribution is 5.67. The van der Waals surface area contributed by atoms with Crippen LogP contribution in [-0.4, -0.2) is 6.04 Å². The predicted molar refractivity (Wildman–Crippen MR) is 77.0 cm³/mol. The van der Waals surface area contributed by atoms with Gasteiger partial charge in [-0.15, -0.1) is 0 Å². The van der Waals surface area contributed by atoms with Crippen LogP contribution in [0.2, 0.25) is 0 Å². The molecule has 1 aliphatic carbocycles. The Labute approximate surface area is 122 Å². The molecule has 0 unspecified atom stereocenters. The zero-order chi connectivity index (χ0) is 14.8. The van der Waals surface area contributed by atoms with Crippen LogP contribution in [0.4, 0.5) is 10.1 Å². The summed E-state index contributed by atoms with van der Waals surface area (Å²) in [7, 11) is 0. The Morgan fingerprint density at radius 1 is 1.05 bits per heavy atom. The summed E-state index contributed by atoms with van der Waals surface area (Å²) in [5.41, 5.74) is 2.43. The van der Waals surface area contributed by atoms with Crippen LogP contribution in [0.1, 0.15) is 29.0 Å². The molecular weight excluding hydrogens is 265 g/mol. The van der Waals surface area contributed by atoms with Crippen LogP contribution in [0.15, 0.2) is 42.5 Å². The van der Waals surface area contributed by atoms with Gasteiger partial charge in [-0.05, 0) is 36.2 Å². The summed E-state index contributed by atoms with van der Waals surface area (Å²) in [4.78, 5) is 0. The molecule has 3 rings (SSSR count). The number of benzene rings is 2. The first kappa shape index (κ1) is 13.1. The molecule has 21 heavy (non-hydrogen) atoms. The molecule has 0 saturated heterocycles. The van der Waals surface area contributed by atoms with Gasteiger partial charge in [0.15, 0.2) is 0 Å². The third kappa shape index (κ3) is 2.57. The van der Waals surface area contributed by atoms with E-state index in [2.05, 4.69) is 17.5 Å². The minimum atomic E-state index is -0.242. The van der Waals surface area contributed by atoms with E-state index in [9.17, 15) is 4.39 Å². The van der Waals surface area contributed by atoms with Crippen molar-refractivity contribution in [1.29, 1.82) is 10.5 Å². The molecule has 0 aromatic heterocycles. The lowest BCUT2D eigenvalue weighted by Gasteiger charge is -2.10. The van der Waals surface area contributed by atoms with E-state index in [1.807, 2.05) is 6.07 Å². The standard InChI is InChI=1S/C17H12FN3/c18-14-6-2-3-11(7-14)15-8-16(15)21-17-12(9-19)4-1-5-13(17)10-20/h1-7,15-16,21H,8H2/t15-,16+/m0/s1. The van der Waals surface area contributed by atoms with Gasteiger partial charge in [-0.1, -0.05) is 18.2 Å². The number of para-hydroxylation sites is 1. The van der Waals surface area contributed by atoms with Crippen molar-refractivity contribution in [2.75, 3.05) is 5.32 Å². The third-order valence-corrected chi connectivity index (χ3v) is 3.70. The number of nitrogens with zero attached hydrogens (tertiary/aromatic N) is 2. The second kappa shape index (κ2) is 5.26. The van der Waals surface area contributed by atoms with Gasteiger partial charge in [-0.25, -0.2) is 4.39 Å². The van der Waals surface area contributed by atoms with E-state index in [0.29, 0.717) is 16.8 Å². The highest BCUT2D eigenvalue weighted by atomic mass is 19.1. The molecule has 1 fully saturated rings. The molecule has 102 valence electrons. The summed E-state index contributed by atoms with van der Waals surface area (Å²) in [6.45, 7) is 0. The molecule has 0 bridgehead atoms. The summed E-state index contributed by atoms with van der Waals surface area (Å²) in [6.07, 6.45) is 0.869. The average molecular weight is 277 g/mol. The number of nitrogens with one attached hydrogen (secondary N) is 1. The number of hydrogen-bond acceptors (Lipinski definition) is 3. The average Bonchev–Trinajstić information content (AvgIpc) is 3.27. The van der Waals surface area contributed by atoms with Crippen molar-refractivity contribution in [3.63, 3.8) is 0 Å². The molecule has 3 nitrogen and oxygen atoms in total. The Bertz CT molecular complexity index is 738. The molecule has 0 aliphatic heterocycles. The zero-order valence-electron chi connectivity index (χ0n) is 11.2. The molecule has 2 aromatic rings. The highest BCUT2D eigenvalue weighted by Crippen LogP contribution is 2.43. The smallest absolute Gasteiger partial charge is 0.123 e. The molecule has 0 radical (unpaired) electrons. The van der Waals surface area contributed by atoms with Gasteiger partial charge in [0.2, 0.25) is 0 Å². The maximum Gasteiger partial charge on any atom is 0.123 e. The maximum atomic E-state index is 13.2. The topological polar surface area (TPSA) is 59.6 Å². The number of hydrogen-bond donors (Lipinski definition) is 1. The lowest BCUT2D eigenvalue weighted by atomic mass is 10.1. The second-order valence-electron chi connectivity index (χ2n) is 5.10. The van der Waals surface area contributed by atoms with Crippen LogP contribution in [0.3, 0.4) is 0 Å². The molecule has 0 amide bonds. The van der Waals surface area contributed by atoms with E-state index in [1.54, 1.807) is 24.3 Å². The van der Waals surface area contributed by atoms with Crippen LogP contribution in [0, 0.1) is 28.5 Å². The van der Waals surface area contributed by atoms with Crippen molar-refractivity contribution in [1.82, 2.24) is 0 Å². The first-order valence-corrected chi connectivity index (χ1v) is 6.68.